The largest absolute Gasteiger partial charge is 0.323 e. The summed E-state index contributed by atoms with van der Waals surface area (Å²) in [6.45, 7) is 3.15. The Bertz CT molecular complexity index is 408. The molecule has 0 saturated carbocycles. The van der Waals surface area contributed by atoms with Gasteiger partial charge in [0, 0.05) is 25.7 Å². The normalized spacial score (nSPS) is 20.7. The number of carbonyl (C=O) groups excluding carboxylic acids is 1. The number of hydrogen-bond acceptors (Lipinski definition) is 1. The van der Waals surface area contributed by atoms with Crippen LogP contribution in [0.3, 0.4) is 0 Å². The highest BCUT2D eigenvalue weighted by molar-refractivity contribution is 5.77. The SMILES string of the molecule is CCN1CC(c2ccccc2F)N(C)C1=O. The molecule has 4 heteroatoms. The highest BCUT2D eigenvalue weighted by Gasteiger charge is 2.35. The highest BCUT2D eigenvalue weighted by atomic mass is 19.1. The van der Waals surface area contributed by atoms with Gasteiger partial charge in [-0.2, -0.15) is 0 Å². The minimum atomic E-state index is -0.245. The Morgan fingerprint density at radius 2 is 2.12 bits per heavy atom. The molecule has 0 bridgehead atoms. The number of halogens is 1. The summed E-state index contributed by atoms with van der Waals surface area (Å²) >= 11 is 0. The Morgan fingerprint density at radius 3 is 2.69 bits per heavy atom. The van der Waals surface area contributed by atoms with E-state index in [1.807, 2.05) is 6.92 Å². The first kappa shape index (κ1) is 10.9. The van der Waals surface area contributed by atoms with Crippen molar-refractivity contribution < 1.29 is 9.18 Å². The Kier molecular flexibility index (Phi) is 2.81. The summed E-state index contributed by atoms with van der Waals surface area (Å²) in [7, 11) is 1.72. The number of urea groups is 1. The van der Waals surface area contributed by atoms with E-state index in [0.29, 0.717) is 18.7 Å². The molecule has 3 nitrogen and oxygen atoms in total. The molecule has 0 N–H and O–H groups in total. The summed E-state index contributed by atoms with van der Waals surface area (Å²) in [6.07, 6.45) is 0. The van der Waals surface area contributed by atoms with Crippen LogP contribution in [0.4, 0.5) is 9.18 Å². The van der Waals surface area contributed by atoms with Crippen molar-refractivity contribution in [3.8, 4) is 0 Å². The van der Waals surface area contributed by atoms with Gasteiger partial charge in [-0.05, 0) is 13.0 Å². The molecule has 86 valence electrons. The maximum atomic E-state index is 13.6. The van der Waals surface area contributed by atoms with Gasteiger partial charge in [-0.1, -0.05) is 18.2 Å². The van der Waals surface area contributed by atoms with Crippen molar-refractivity contribution in [3.63, 3.8) is 0 Å². The van der Waals surface area contributed by atoms with Gasteiger partial charge in [0.05, 0.1) is 6.04 Å². The first-order valence-corrected chi connectivity index (χ1v) is 5.41. The van der Waals surface area contributed by atoms with Crippen LogP contribution in [0.2, 0.25) is 0 Å². The number of amides is 2. The average molecular weight is 222 g/mol. The third-order valence-corrected chi connectivity index (χ3v) is 3.08. The van der Waals surface area contributed by atoms with Gasteiger partial charge >= 0.3 is 6.03 Å². The van der Waals surface area contributed by atoms with Gasteiger partial charge < -0.3 is 9.80 Å². The molecule has 1 aromatic rings. The van der Waals surface area contributed by atoms with E-state index in [4.69, 9.17) is 0 Å². The number of likely N-dealkylation sites (N-methyl/N-ethyl adjacent to an activating group) is 2. The summed E-state index contributed by atoms with van der Waals surface area (Å²) in [5.41, 5.74) is 0.592. The lowest BCUT2D eigenvalue weighted by Crippen LogP contribution is -2.29. The van der Waals surface area contributed by atoms with Crippen molar-refractivity contribution in [2.45, 2.75) is 13.0 Å². The van der Waals surface area contributed by atoms with E-state index in [1.165, 1.54) is 6.07 Å². The minimum absolute atomic E-state index is 0.0317. The predicted molar refractivity (Wildman–Crippen MR) is 59.5 cm³/mol. The maximum absolute atomic E-state index is 13.6. The van der Waals surface area contributed by atoms with E-state index in [1.54, 1.807) is 35.0 Å². The number of rotatable bonds is 2. The Labute approximate surface area is 94.5 Å². The van der Waals surface area contributed by atoms with E-state index in [-0.39, 0.29) is 17.9 Å². The molecule has 1 atom stereocenters. The lowest BCUT2D eigenvalue weighted by molar-refractivity contribution is 0.197. The number of carbonyl (C=O) groups is 1. The average Bonchev–Trinajstić information content (AvgIpc) is 2.57. The molecule has 1 heterocycles. The third kappa shape index (κ3) is 1.64. The van der Waals surface area contributed by atoms with Crippen LogP contribution in [0.1, 0.15) is 18.5 Å². The van der Waals surface area contributed by atoms with Gasteiger partial charge in [-0.15, -0.1) is 0 Å². The van der Waals surface area contributed by atoms with Crippen LogP contribution in [-0.2, 0) is 0 Å². The molecule has 1 aliphatic heterocycles. The number of nitrogens with zero attached hydrogens (tertiary/aromatic N) is 2. The summed E-state index contributed by atoms with van der Waals surface area (Å²) in [5, 5.41) is 0. The van der Waals surface area contributed by atoms with E-state index >= 15 is 0 Å². The smallest absolute Gasteiger partial charge is 0.320 e. The van der Waals surface area contributed by atoms with Gasteiger partial charge in [0.25, 0.3) is 0 Å². The summed E-state index contributed by atoms with van der Waals surface area (Å²) in [6, 6.07) is 6.42. The summed E-state index contributed by atoms with van der Waals surface area (Å²) in [5.74, 6) is -0.245. The first-order chi connectivity index (χ1) is 7.65. The topological polar surface area (TPSA) is 23.6 Å². The van der Waals surface area contributed by atoms with E-state index in [2.05, 4.69) is 0 Å². The van der Waals surface area contributed by atoms with Gasteiger partial charge in [0.1, 0.15) is 5.82 Å². The second-order valence-electron chi connectivity index (χ2n) is 3.97. The fourth-order valence-electron chi connectivity index (χ4n) is 2.08. The third-order valence-electron chi connectivity index (χ3n) is 3.08. The standard InChI is InChI=1S/C12H15FN2O/c1-3-15-8-11(14(2)12(15)16)9-6-4-5-7-10(9)13/h4-7,11H,3,8H2,1-2H3. The van der Waals surface area contributed by atoms with Crippen LogP contribution in [0, 0.1) is 5.82 Å². The molecular formula is C12H15FN2O. The molecule has 1 aromatic carbocycles. The number of benzene rings is 1. The highest BCUT2D eigenvalue weighted by Crippen LogP contribution is 2.29. The van der Waals surface area contributed by atoms with Crippen molar-refractivity contribution in [2.75, 3.05) is 20.1 Å². The quantitative estimate of drug-likeness (QED) is 0.752. The Balaban J connectivity index is 2.30. The Morgan fingerprint density at radius 1 is 1.44 bits per heavy atom. The van der Waals surface area contributed by atoms with Crippen LogP contribution in [0.25, 0.3) is 0 Å². The van der Waals surface area contributed by atoms with Crippen molar-refractivity contribution in [1.29, 1.82) is 0 Å². The molecule has 2 amide bonds. The van der Waals surface area contributed by atoms with Crippen LogP contribution < -0.4 is 0 Å². The molecule has 0 radical (unpaired) electrons. The van der Waals surface area contributed by atoms with Gasteiger partial charge in [0.2, 0.25) is 0 Å². The van der Waals surface area contributed by atoms with Crippen molar-refractivity contribution in [3.05, 3.63) is 35.6 Å². The second kappa shape index (κ2) is 4.12. The minimum Gasteiger partial charge on any atom is -0.323 e. The van der Waals surface area contributed by atoms with Crippen molar-refractivity contribution in [1.82, 2.24) is 9.80 Å². The number of hydrogen-bond donors (Lipinski definition) is 0. The monoisotopic (exact) mass is 222 g/mol. The van der Waals surface area contributed by atoms with E-state index in [9.17, 15) is 9.18 Å². The molecule has 1 saturated heterocycles. The van der Waals surface area contributed by atoms with Crippen molar-refractivity contribution in [2.24, 2.45) is 0 Å². The molecule has 16 heavy (non-hydrogen) atoms. The zero-order valence-corrected chi connectivity index (χ0v) is 9.48. The fraction of sp³-hybridized carbons (Fsp3) is 0.417. The first-order valence-electron chi connectivity index (χ1n) is 5.41. The summed E-state index contributed by atoms with van der Waals surface area (Å²) < 4.78 is 13.6. The molecule has 0 aromatic heterocycles. The van der Waals surface area contributed by atoms with Crippen LogP contribution in [-0.4, -0.2) is 36.0 Å². The van der Waals surface area contributed by atoms with Gasteiger partial charge in [-0.25, -0.2) is 9.18 Å². The van der Waals surface area contributed by atoms with Crippen LogP contribution in [0.5, 0.6) is 0 Å². The van der Waals surface area contributed by atoms with Crippen LogP contribution in [0.15, 0.2) is 24.3 Å². The van der Waals surface area contributed by atoms with Gasteiger partial charge in [-0.3, -0.25) is 0 Å². The Hall–Kier alpha value is -1.58. The van der Waals surface area contributed by atoms with Crippen molar-refractivity contribution >= 4 is 6.03 Å². The van der Waals surface area contributed by atoms with E-state index in [0.717, 1.165) is 0 Å². The molecule has 1 unspecified atom stereocenters. The van der Waals surface area contributed by atoms with Crippen LogP contribution >= 0.6 is 0 Å². The maximum Gasteiger partial charge on any atom is 0.320 e. The lowest BCUT2D eigenvalue weighted by Gasteiger charge is -2.18. The zero-order valence-electron chi connectivity index (χ0n) is 9.48. The van der Waals surface area contributed by atoms with Gasteiger partial charge in [0.15, 0.2) is 0 Å². The second-order valence-corrected chi connectivity index (χ2v) is 3.97. The lowest BCUT2D eigenvalue weighted by atomic mass is 10.1. The fourth-order valence-corrected chi connectivity index (χ4v) is 2.08. The molecule has 0 aliphatic carbocycles. The zero-order chi connectivity index (χ0) is 11.7. The summed E-state index contributed by atoms with van der Waals surface area (Å²) in [4.78, 5) is 15.1. The van der Waals surface area contributed by atoms with E-state index < -0.39 is 0 Å². The molecule has 1 fully saturated rings. The predicted octanol–water partition coefficient (Wildman–Crippen LogP) is 2.25. The molecule has 2 rings (SSSR count). The molecular weight excluding hydrogens is 207 g/mol. The molecule has 0 spiro atoms. The molecule has 1 aliphatic rings.